The third-order valence-corrected chi connectivity index (χ3v) is 4.04. The van der Waals surface area contributed by atoms with Crippen molar-refractivity contribution in [1.29, 1.82) is 0 Å². The van der Waals surface area contributed by atoms with Crippen molar-refractivity contribution >= 4 is 11.6 Å². The molecule has 6 heteroatoms. The van der Waals surface area contributed by atoms with Crippen LogP contribution >= 0.6 is 0 Å². The number of fused-ring (bicyclic) bond motifs is 1. The third kappa shape index (κ3) is 2.56. The molecule has 0 atom stereocenters. The summed E-state index contributed by atoms with van der Waals surface area (Å²) in [5.41, 5.74) is 1.23. The zero-order valence-corrected chi connectivity index (χ0v) is 12.4. The molecule has 116 valence electrons. The van der Waals surface area contributed by atoms with Gasteiger partial charge in [-0.2, -0.15) is 0 Å². The Morgan fingerprint density at radius 1 is 1.22 bits per heavy atom. The van der Waals surface area contributed by atoms with E-state index in [4.69, 9.17) is 0 Å². The zero-order valence-electron chi connectivity index (χ0n) is 12.4. The number of carbonyl (C=O) groups excluding carboxylic acids is 1. The van der Waals surface area contributed by atoms with Crippen LogP contribution in [0.1, 0.15) is 23.2 Å². The van der Waals surface area contributed by atoms with Crippen LogP contribution in [0.5, 0.6) is 0 Å². The van der Waals surface area contributed by atoms with E-state index in [1.165, 1.54) is 18.9 Å². The number of halogens is 1. The Morgan fingerprint density at radius 3 is 2.83 bits per heavy atom. The van der Waals surface area contributed by atoms with Gasteiger partial charge in [0.2, 0.25) is 0 Å². The predicted molar refractivity (Wildman–Crippen MR) is 83.4 cm³/mol. The van der Waals surface area contributed by atoms with Gasteiger partial charge < -0.3 is 5.32 Å². The highest BCUT2D eigenvalue weighted by Gasteiger charge is 2.23. The van der Waals surface area contributed by atoms with Crippen LogP contribution in [-0.2, 0) is 0 Å². The Bertz CT molecular complexity index is 885. The van der Waals surface area contributed by atoms with Crippen LogP contribution in [0.2, 0.25) is 0 Å². The Hall–Kier alpha value is -2.76. The highest BCUT2D eigenvalue weighted by Crippen LogP contribution is 2.28. The summed E-state index contributed by atoms with van der Waals surface area (Å²) in [6.45, 7) is 0.689. The number of rotatable bonds is 4. The Balaban J connectivity index is 1.74. The van der Waals surface area contributed by atoms with Crippen molar-refractivity contribution in [2.24, 2.45) is 5.92 Å². The second kappa shape index (κ2) is 5.46. The molecule has 0 bridgehead atoms. The van der Waals surface area contributed by atoms with Crippen molar-refractivity contribution in [3.63, 3.8) is 0 Å². The fraction of sp³-hybridized carbons (Fsp3) is 0.235. The summed E-state index contributed by atoms with van der Waals surface area (Å²) in [6.07, 6.45) is 4.08. The van der Waals surface area contributed by atoms with E-state index in [0.717, 1.165) is 0 Å². The van der Waals surface area contributed by atoms with Gasteiger partial charge in [0.15, 0.2) is 11.5 Å². The monoisotopic (exact) mass is 310 g/mol. The topological polar surface area (TPSA) is 59.3 Å². The van der Waals surface area contributed by atoms with Gasteiger partial charge in [-0.15, -0.1) is 10.2 Å². The largest absolute Gasteiger partial charge is 0.352 e. The van der Waals surface area contributed by atoms with E-state index < -0.39 is 0 Å². The summed E-state index contributed by atoms with van der Waals surface area (Å²) in [5, 5.41) is 11.1. The molecule has 1 aliphatic carbocycles. The Kier molecular flexibility index (Phi) is 3.29. The van der Waals surface area contributed by atoms with Crippen molar-refractivity contribution in [2.75, 3.05) is 6.54 Å². The van der Waals surface area contributed by atoms with Gasteiger partial charge >= 0.3 is 0 Å². The van der Waals surface area contributed by atoms with Crippen LogP contribution < -0.4 is 5.32 Å². The van der Waals surface area contributed by atoms with Gasteiger partial charge in [-0.25, -0.2) is 4.39 Å². The molecular weight excluding hydrogens is 295 g/mol. The summed E-state index contributed by atoms with van der Waals surface area (Å²) < 4.78 is 15.6. The fourth-order valence-corrected chi connectivity index (χ4v) is 2.57. The molecule has 1 saturated carbocycles. The fourth-order valence-electron chi connectivity index (χ4n) is 2.57. The third-order valence-electron chi connectivity index (χ3n) is 4.04. The molecule has 1 aliphatic rings. The minimum atomic E-state index is -0.370. The van der Waals surface area contributed by atoms with Gasteiger partial charge in [0.1, 0.15) is 5.82 Å². The Labute approximate surface area is 132 Å². The molecule has 0 unspecified atom stereocenters. The molecular formula is C17H15FN4O. The second-order valence-corrected chi connectivity index (χ2v) is 5.77. The van der Waals surface area contributed by atoms with Gasteiger partial charge in [0.05, 0.1) is 11.1 Å². The predicted octanol–water partition coefficient (Wildman–Crippen LogP) is 2.68. The molecule has 0 radical (unpaired) electrons. The van der Waals surface area contributed by atoms with E-state index in [-0.39, 0.29) is 11.7 Å². The molecule has 5 nitrogen and oxygen atoms in total. The first-order chi connectivity index (χ1) is 11.2. The normalized spacial score (nSPS) is 14.1. The number of benzene rings is 1. The zero-order chi connectivity index (χ0) is 15.8. The van der Waals surface area contributed by atoms with E-state index in [1.54, 1.807) is 40.9 Å². The molecule has 2 aromatic heterocycles. The lowest BCUT2D eigenvalue weighted by Gasteiger charge is -2.06. The lowest BCUT2D eigenvalue weighted by molar-refractivity contribution is 0.0953. The maximum atomic E-state index is 14.0. The quantitative estimate of drug-likeness (QED) is 0.806. The van der Waals surface area contributed by atoms with E-state index in [1.807, 2.05) is 0 Å². The highest BCUT2D eigenvalue weighted by atomic mass is 19.1. The summed E-state index contributed by atoms with van der Waals surface area (Å²) in [6, 6.07) is 9.84. The maximum absolute atomic E-state index is 14.0. The maximum Gasteiger partial charge on any atom is 0.255 e. The molecule has 1 fully saturated rings. The number of nitrogens with one attached hydrogen (secondary N) is 1. The molecule has 1 aromatic carbocycles. The second-order valence-electron chi connectivity index (χ2n) is 5.77. The smallest absolute Gasteiger partial charge is 0.255 e. The van der Waals surface area contributed by atoms with Crippen molar-refractivity contribution in [1.82, 2.24) is 19.9 Å². The molecule has 1 amide bonds. The van der Waals surface area contributed by atoms with Crippen LogP contribution in [0.3, 0.4) is 0 Å². The number of hydrogen-bond acceptors (Lipinski definition) is 3. The van der Waals surface area contributed by atoms with Crippen LogP contribution in [0.15, 0.2) is 42.6 Å². The molecule has 2 heterocycles. The van der Waals surface area contributed by atoms with E-state index in [2.05, 4.69) is 15.5 Å². The summed E-state index contributed by atoms with van der Waals surface area (Å²) in [4.78, 5) is 12.3. The molecule has 23 heavy (non-hydrogen) atoms. The average molecular weight is 310 g/mol. The number of hydrogen-bond donors (Lipinski definition) is 1. The average Bonchev–Trinajstić information content (AvgIpc) is 3.30. The van der Waals surface area contributed by atoms with Crippen molar-refractivity contribution in [2.45, 2.75) is 12.8 Å². The summed E-state index contributed by atoms with van der Waals surface area (Å²) in [7, 11) is 0. The van der Waals surface area contributed by atoms with E-state index in [0.29, 0.717) is 35.1 Å². The highest BCUT2D eigenvalue weighted by molar-refractivity contribution is 6.00. The summed E-state index contributed by atoms with van der Waals surface area (Å²) >= 11 is 0. The van der Waals surface area contributed by atoms with Crippen LogP contribution in [-0.4, -0.2) is 27.0 Å². The van der Waals surface area contributed by atoms with Crippen LogP contribution in [0.4, 0.5) is 4.39 Å². The van der Waals surface area contributed by atoms with Crippen molar-refractivity contribution in [3.05, 3.63) is 54.0 Å². The van der Waals surface area contributed by atoms with E-state index >= 15 is 0 Å². The lowest BCUT2D eigenvalue weighted by Crippen LogP contribution is -2.26. The van der Waals surface area contributed by atoms with Crippen molar-refractivity contribution in [3.8, 4) is 11.4 Å². The molecule has 1 N–H and O–H groups in total. The SMILES string of the molecule is O=C(NCC1CC1)c1cccn2c(-c3ccccc3F)nnc12. The van der Waals surface area contributed by atoms with Gasteiger partial charge in [-0.05, 0) is 43.0 Å². The molecule has 4 rings (SSSR count). The number of aromatic nitrogens is 3. The van der Waals surface area contributed by atoms with E-state index in [9.17, 15) is 9.18 Å². The molecule has 0 aliphatic heterocycles. The van der Waals surface area contributed by atoms with Crippen LogP contribution in [0.25, 0.3) is 17.0 Å². The Morgan fingerprint density at radius 2 is 2.04 bits per heavy atom. The molecule has 0 spiro atoms. The summed E-state index contributed by atoms with van der Waals surface area (Å²) in [5.74, 6) is 0.445. The number of pyridine rings is 1. The number of amides is 1. The first-order valence-electron chi connectivity index (χ1n) is 7.61. The molecule has 0 saturated heterocycles. The van der Waals surface area contributed by atoms with Gasteiger partial charge in [-0.1, -0.05) is 12.1 Å². The van der Waals surface area contributed by atoms with Gasteiger partial charge in [-0.3, -0.25) is 9.20 Å². The van der Waals surface area contributed by atoms with Crippen molar-refractivity contribution < 1.29 is 9.18 Å². The lowest BCUT2D eigenvalue weighted by atomic mass is 10.2. The van der Waals surface area contributed by atoms with Crippen LogP contribution in [0, 0.1) is 11.7 Å². The minimum absolute atomic E-state index is 0.171. The minimum Gasteiger partial charge on any atom is -0.352 e. The number of carbonyl (C=O) groups is 1. The van der Waals surface area contributed by atoms with Gasteiger partial charge in [0.25, 0.3) is 5.91 Å². The number of nitrogens with zero attached hydrogens (tertiary/aromatic N) is 3. The van der Waals surface area contributed by atoms with Gasteiger partial charge in [0, 0.05) is 12.7 Å². The standard InChI is InChI=1S/C17H15FN4O/c18-14-6-2-1-4-12(14)15-20-21-16-13(5-3-9-22(15)16)17(23)19-10-11-7-8-11/h1-6,9,11H,7-8,10H2,(H,19,23). The first-order valence-corrected chi connectivity index (χ1v) is 7.61. The first kappa shape index (κ1) is 13.9. The molecule has 3 aromatic rings.